The molecule has 2 aliphatic heterocycles. The predicted octanol–water partition coefficient (Wildman–Crippen LogP) is 1.23. The van der Waals surface area contributed by atoms with Gasteiger partial charge in [-0.25, -0.2) is 14.8 Å². The largest absolute Gasteiger partial charge is 0.481 e. The summed E-state index contributed by atoms with van der Waals surface area (Å²) in [5.41, 5.74) is -1.07. The molecule has 130 valence electrons. The van der Waals surface area contributed by atoms with Crippen LogP contribution in [0.1, 0.15) is 20.8 Å². The minimum atomic E-state index is -0.880. The summed E-state index contributed by atoms with van der Waals surface area (Å²) in [6, 6.07) is 1.74. The van der Waals surface area contributed by atoms with Crippen molar-refractivity contribution in [3.8, 4) is 0 Å². The molecule has 0 radical (unpaired) electrons. The van der Waals surface area contributed by atoms with Crippen LogP contribution in [0.4, 0.5) is 10.7 Å². The maximum absolute atomic E-state index is 12.3. The molecule has 1 amide bonds. The molecule has 2 fully saturated rings. The van der Waals surface area contributed by atoms with E-state index in [1.807, 2.05) is 4.90 Å². The molecule has 0 aromatic carbocycles. The Hall–Kier alpha value is -2.38. The van der Waals surface area contributed by atoms with Crippen molar-refractivity contribution in [1.82, 2.24) is 14.9 Å². The van der Waals surface area contributed by atoms with Crippen molar-refractivity contribution >= 4 is 18.0 Å². The first kappa shape index (κ1) is 16.5. The van der Waals surface area contributed by atoms with Gasteiger partial charge in [-0.2, -0.15) is 0 Å². The molecular weight excluding hydrogens is 312 g/mol. The standard InChI is InChI=1S/C16H22N4O4/c1-15(2,3)24-14(23)19-7-11(12(21)22)16(8-19)9-20(10-16)13-17-5-4-6-18-13/h4-6,11H,7-10H2,1-3H3,(H,21,22). The van der Waals surface area contributed by atoms with E-state index in [0.29, 0.717) is 25.6 Å². The SMILES string of the molecule is CC(C)(C)OC(=O)N1CC(C(=O)O)C2(C1)CN(c1ncccn1)C2. The summed E-state index contributed by atoms with van der Waals surface area (Å²) in [6.45, 7) is 6.98. The number of aromatic nitrogens is 2. The molecule has 2 saturated heterocycles. The Balaban J connectivity index is 1.72. The quantitative estimate of drug-likeness (QED) is 0.869. The first-order valence-electron chi connectivity index (χ1n) is 7.93. The summed E-state index contributed by atoms with van der Waals surface area (Å²) >= 11 is 0. The second-order valence-corrected chi connectivity index (χ2v) is 7.52. The zero-order valence-electron chi connectivity index (χ0n) is 14.1. The van der Waals surface area contributed by atoms with Gasteiger partial charge in [0.05, 0.1) is 5.92 Å². The van der Waals surface area contributed by atoms with E-state index in [-0.39, 0.29) is 6.54 Å². The number of carboxylic acid groups (broad SMARTS) is 1. The minimum absolute atomic E-state index is 0.174. The molecule has 8 nitrogen and oxygen atoms in total. The summed E-state index contributed by atoms with van der Waals surface area (Å²) in [5.74, 6) is -0.900. The highest BCUT2D eigenvalue weighted by atomic mass is 16.6. The molecule has 1 atom stereocenters. The van der Waals surface area contributed by atoms with Gasteiger partial charge in [-0.15, -0.1) is 0 Å². The average Bonchev–Trinajstić information content (AvgIpc) is 2.86. The number of anilines is 1. The van der Waals surface area contributed by atoms with Crippen LogP contribution in [-0.2, 0) is 9.53 Å². The smallest absolute Gasteiger partial charge is 0.410 e. The molecule has 1 spiro atoms. The number of rotatable bonds is 2. The summed E-state index contributed by atoms with van der Waals surface area (Å²) in [4.78, 5) is 35.8. The summed E-state index contributed by atoms with van der Waals surface area (Å²) < 4.78 is 5.38. The average molecular weight is 334 g/mol. The molecule has 3 heterocycles. The molecule has 1 aromatic heterocycles. The van der Waals surface area contributed by atoms with Crippen molar-refractivity contribution in [3.63, 3.8) is 0 Å². The van der Waals surface area contributed by atoms with E-state index in [9.17, 15) is 14.7 Å². The van der Waals surface area contributed by atoms with Crippen molar-refractivity contribution in [2.75, 3.05) is 31.1 Å². The molecule has 0 aliphatic carbocycles. The van der Waals surface area contributed by atoms with Gasteiger partial charge in [0.25, 0.3) is 0 Å². The van der Waals surface area contributed by atoms with E-state index in [0.717, 1.165) is 0 Å². The second-order valence-electron chi connectivity index (χ2n) is 7.52. The number of amides is 1. The molecule has 1 unspecified atom stereocenters. The van der Waals surface area contributed by atoms with Crippen LogP contribution in [0, 0.1) is 11.3 Å². The Labute approximate surface area is 140 Å². The van der Waals surface area contributed by atoms with Gasteiger partial charge in [0.2, 0.25) is 5.95 Å². The maximum atomic E-state index is 12.3. The fourth-order valence-electron chi connectivity index (χ4n) is 3.40. The van der Waals surface area contributed by atoms with E-state index >= 15 is 0 Å². The van der Waals surface area contributed by atoms with Crippen LogP contribution in [0.2, 0.25) is 0 Å². The van der Waals surface area contributed by atoms with Gasteiger partial charge < -0.3 is 19.6 Å². The van der Waals surface area contributed by atoms with Gasteiger partial charge in [-0.05, 0) is 26.8 Å². The van der Waals surface area contributed by atoms with Crippen LogP contribution in [0.3, 0.4) is 0 Å². The highest BCUT2D eigenvalue weighted by Gasteiger charge is 2.59. The number of hydrogen-bond donors (Lipinski definition) is 1. The lowest BCUT2D eigenvalue weighted by atomic mass is 9.71. The molecule has 1 aromatic rings. The van der Waals surface area contributed by atoms with E-state index in [4.69, 9.17) is 4.74 Å². The van der Waals surface area contributed by atoms with Gasteiger partial charge in [-0.3, -0.25) is 4.79 Å². The molecule has 8 heteroatoms. The van der Waals surface area contributed by atoms with E-state index < -0.39 is 29.0 Å². The maximum Gasteiger partial charge on any atom is 0.410 e. The number of ether oxygens (including phenoxy) is 1. The molecule has 0 bridgehead atoms. The topological polar surface area (TPSA) is 95.9 Å². The van der Waals surface area contributed by atoms with Gasteiger partial charge >= 0.3 is 12.1 Å². The van der Waals surface area contributed by atoms with Crippen LogP contribution < -0.4 is 4.90 Å². The molecule has 2 aliphatic rings. The summed E-state index contributed by atoms with van der Waals surface area (Å²) in [7, 11) is 0. The first-order valence-corrected chi connectivity index (χ1v) is 7.93. The van der Waals surface area contributed by atoms with E-state index in [1.54, 1.807) is 39.2 Å². The number of likely N-dealkylation sites (tertiary alicyclic amines) is 1. The fourth-order valence-corrected chi connectivity index (χ4v) is 3.40. The third kappa shape index (κ3) is 3.00. The normalized spacial score (nSPS) is 22.4. The lowest BCUT2D eigenvalue weighted by Gasteiger charge is -2.49. The zero-order chi connectivity index (χ0) is 17.5. The lowest BCUT2D eigenvalue weighted by Crippen LogP contribution is -2.62. The first-order chi connectivity index (χ1) is 11.2. The molecule has 3 rings (SSSR count). The number of carbonyl (C=O) groups excluding carboxylic acids is 1. The number of aliphatic carboxylic acids is 1. The van der Waals surface area contributed by atoms with Crippen LogP contribution in [-0.4, -0.2) is 63.8 Å². The number of hydrogen-bond acceptors (Lipinski definition) is 6. The van der Waals surface area contributed by atoms with Crippen molar-refractivity contribution in [2.45, 2.75) is 26.4 Å². The molecule has 0 saturated carbocycles. The third-order valence-electron chi connectivity index (χ3n) is 4.44. The molecular formula is C16H22N4O4. The fraction of sp³-hybridized carbons (Fsp3) is 0.625. The van der Waals surface area contributed by atoms with Crippen LogP contribution in [0.15, 0.2) is 18.5 Å². The Morgan fingerprint density at radius 2 is 1.88 bits per heavy atom. The van der Waals surface area contributed by atoms with E-state index in [2.05, 4.69) is 9.97 Å². The van der Waals surface area contributed by atoms with Gasteiger partial charge in [0.15, 0.2) is 0 Å². The van der Waals surface area contributed by atoms with Crippen molar-refractivity contribution in [2.24, 2.45) is 11.3 Å². The Bertz CT molecular complexity index is 637. The second kappa shape index (κ2) is 5.61. The Morgan fingerprint density at radius 3 is 2.42 bits per heavy atom. The van der Waals surface area contributed by atoms with Crippen molar-refractivity contribution < 1.29 is 19.4 Å². The number of carbonyl (C=O) groups is 2. The lowest BCUT2D eigenvalue weighted by molar-refractivity contribution is -0.145. The molecule has 1 N–H and O–H groups in total. The van der Waals surface area contributed by atoms with E-state index in [1.165, 1.54) is 4.90 Å². The van der Waals surface area contributed by atoms with Crippen molar-refractivity contribution in [3.05, 3.63) is 18.5 Å². The van der Waals surface area contributed by atoms with Crippen LogP contribution in [0.5, 0.6) is 0 Å². The predicted molar refractivity (Wildman–Crippen MR) is 85.6 cm³/mol. The zero-order valence-corrected chi connectivity index (χ0v) is 14.1. The van der Waals surface area contributed by atoms with Crippen molar-refractivity contribution in [1.29, 1.82) is 0 Å². The summed E-state index contributed by atoms with van der Waals surface area (Å²) in [6.07, 6.45) is 2.85. The minimum Gasteiger partial charge on any atom is -0.481 e. The van der Waals surface area contributed by atoms with Gasteiger partial charge in [0, 0.05) is 44.0 Å². The highest BCUT2D eigenvalue weighted by Crippen LogP contribution is 2.45. The summed E-state index contributed by atoms with van der Waals surface area (Å²) in [5, 5.41) is 9.57. The third-order valence-corrected chi connectivity index (χ3v) is 4.44. The Kier molecular flexibility index (Phi) is 3.85. The number of carboxylic acids is 1. The van der Waals surface area contributed by atoms with Gasteiger partial charge in [-0.1, -0.05) is 0 Å². The number of nitrogens with zero attached hydrogens (tertiary/aromatic N) is 4. The van der Waals surface area contributed by atoms with Crippen LogP contribution in [0.25, 0.3) is 0 Å². The van der Waals surface area contributed by atoms with Gasteiger partial charge in [0.1, 0.15) is 5.60 Å². The molecule has 24 heavy (non-hydrogen) atoms. The monoisotopic (exact) mass is 334 g/mol. The van der Waals surface area contributed by atoms with Crippen LogP contribution >= 0.6 is 0 Å². The highest BCUT2D eigenvalue weighted by molar-refractivity contribution is 5.76. The Morgan fingerprint density at radius 1 is 1.25 bits per heavy atom.